The molecule has 3 heterocycles. The molecular formula is C22H25N5O3S. The number of aromatic amines is 1. The molecule has 31 heavy (non-hydrogen) atoms. The van der Waals surface area contributed by atoms with Crippen molar-refractivity contribution in [1.29, 1.82) is 0 Å². The molecule has 1 aliphatic carbocycles. The van der Waals surface area contributed by atoms with Crippen LogP contribution in [0.15, 0.2) is 35.5 Å². The molecule has 1 atom stereocenters. The van der Waals surface area contributed by atoms with Gasteiger partial charge in [0.05, 0.1) is 22.1 Å². The lowest BCUT2D eigenvalue weighted by molar-refractivity contribution is 0.0951. The fourth-order valence-corrected chi connectivity index (χ4v) is 5.94. The van der Waals surface area contributed by atoms with Crippen LogP contribution >= 0.6 is 0 Å². The molecule has 162 valence electrons. The molecule has 0 spiro atoms. The third-order valence-electron chi connectivity index (χ3n) is 6.04. The van der Waals surface area contributed by atoms with Gasteiger partial charge in [0.2, 0.25) is 0 Å². The van der Waals surface area contributed by atoms with Crippen LogP contribution in [0, 0.1) is 5.92 Å². The molecule has 8 nitrogen and oxygen atoms in total. The quantitative estimate of drug-likeness (QED) is 0.544. The number of anilines is 1. The first-order valence-electron chi connectivity index (χ1n) is 10.7. The summed E-state index contributed by atoms with van der Waals surface area (Å²) in [6, 6.07) is 7.53. The number of benzene rings is 1. The summed E-state index contributed by atoms with van der Waals surface area (Å²) in [5.74, 6) is 1.07. The second kappa shape index (κ2) is 7.64. The molecule has 0 radical (unpaired) electrons. The number of rotatable bonds is 6. The SMILES string of the molecule is CCNC(=O)c1cc2c(N[C@H](c3ccc4c(c3)S(=O)(=O)CCC4)C3CC3)ncnc2[nH]1. The highest BCUT2D eigenvalue weighted by Crippen LogP contribution is 2.44. The first-order valence-corrected chi connectivity index (χ1v) is 12.4. The second-order valence-corrected chi connectivity index (χ2v) is 10.4. The van der Waals surface area contributed by atoms with Crippen molar-refractivity contribution in [3.63, 3.8) is 0 Å². The number of nitrogens with one attached hydrogen (secondary N) is 3. The highest BCUT2D eigenvalue weighted by atomic mass is 32.2. The van der Waals surface area contributed by atoms with E-state index in [1.165, 1.54) is 6.33 Å². The zero-order valence-electron chi connectivity index (χ0n) is 17.3. The highest BCUT2D eigenvalue weighted by Gasteiger charge is 2.34. The van der Waals surface area contributed by atoms with Gasteiger partial charge in [-0.05, 0) is 61.8 Å². The summed E-state index contributed by atoms with van der Waals surface area (Å²) < 4.78 is 25.2. The molecule has 0 unspecified atom stereocenters. The van der Waals surface area contributed by atoms with Gasteiger partial charge in [-0.2, -0.15) is 0 Å². The van der Waals surface area contributed by atoms with Gasteiger partial charge in [-0.15, -0.1) is 0 Å². The molecule has 1 aliphatic heterocycles. The number of sulfone groups is 1. The van der Waals surface area contributed by atoms with E-state index in [0.717, 1.165) is 35.8 Å². The van der Waals surface area contributed by atoms with Crippen molar-refractivity contribution >= 4 is 32.6 Å². The van der Waals surface area contributed by atoms with Gasteiger partial charge in [0, 0.05) is 6.54 Å². The van der Waals surface area contributed by atoms with E-state index < -0.39 is 9.84 Å². The first kappa shape index (κ1) is 20.0. The van der Waals surface area contributed by atoms with Crippen LogP contribution in [0.25, 0.3) is 11.0 Å². The maximum Gasteiger partial charge on any atom is 0.267 e. The minimum atomic E-state index is -3.23. The lowest BCUT2D eigenvalue weighted by Gasteiger charge is -2.23. The lowest BCUT2D eigenvalue weighted by atomic mass is 9.99. The van der Waals surface area contributed by atoms with Crippen LogP contribution in [-0.2, 0) is 16.3 Å². The fraction of sp³-hybridized carbons (Fsp3) is 0.409. The van der Waals surface area contributed by atoms with E-state index in [4.69, 9.17) is 0 Å². The average Bonchev–Trinajstić information content (AvgIpc) is 3.49. The molecule has 3 aromatic rings. The predicted molar refractivity (Wildman–Crippen MR) is 118 cm³/mol. The zero-order chi connectivity index (χ0) is 21.6. The summed E-state index contributed by atoms with van der Waals surface area (Å²) in [5, 5.41) is 7.04. The number of carbonyl (C=O) groups excluding carboxylic acids is 1. The number of carbonyl (C=O) groups is 1. The number of hydrogen-bond donors (Lipinski definition) is 3. The van der Waals surface area contributed by atoms with Crippen molar-refractivity contribution in [2.45, 2.75) is 43.5 Å². The number of H-pyrrole nitrogens is 1. The molecule has 1 fully saturated rings. The van der Waals surface area contributed by atoms with Gasteiger partial charge in [-0.25, -0.2) is 18.4 Å². The third-order valence-corrected chi connectivity index (χ3v) is 7.91. The summed E-state index contributed by atoms with van der Waals surface area (Å²) in [7, 11) is -3.23. The Labute approximate surface area is 180 Å². The third kappa shape index (κ3) is 3.78. The molecule has 1 aromatic carbocycles. The van der Waals surface area contributed by atoms with Crippen LogP contribution in [0.2, 0.25) is 0 Å². The van der Waals surface area contributed by atoms with Gasteiger partial charge >= 0.3 is 0 Å². The summed E-state index contributed by atoms with van der Waals surface area (Å²) in [5.41, 5.74) is 2.88. The number of aromatic nitrogens is 3. The summed E-state index contributed by atoms with van der Waals surface area (Å²) in [6.45, 7) is 2.41. The normalized spacial score (nSPS) is 18.4. The lowest BCUT2D eigenvalue weighted by Crippen LogP contribution is -2.22. The summed E-state index contributed by atoms with van der Waals surface area (Å²) in [6.07, 6.45) is 5.10. The molecule has 2 aliphatic rings. The van der Waals surface area contributed by atoms with Crippen LogP contribution in [0.4, 0.5) is 5.82 Å². The van der Waals surface area contributed by atoms with Crippen LogP contribution in [0.5, 0.6) is 0 Å². The maximum absolute atomic E-state index is 12.6. The van der Waals surface area contributed by atoms with Gasteiger partial charge in [0.1, 0.15) is 23.5 Å². The largest absolute Gasteiger partial charge is 0.362 e. The molecular weight excluding hydrogens is 414 g/mol. The van der Waals surface area contributed by atoms with Gasteiger partial charge in [-0.3, -0.25) is 4.79 Å². The van der Waals surface area contributed by atoms with Crippen molar-refractivity contribution < 1.29 is 13.2 Å². The Kier molecular flexibility index (Phi) is 4.92. The number of nitrogens with zero attached hydrogens (tertiary/aromatic N) is 2. The molecule has 1 amide bonds. The van der Waals surface area contributed by atoms with E-state index in [2.05, 4.69) is 25.6 Å². The number of hydrogen-bond acceptors (Lipinski definition) is 6. The molecule has 0 bridgehead atoms. The van der Waals surface area contributed by atoms with Gasteiger partial charge in [0.15, 0.2) is 9.84 Å². The average molecular weight is 440 g/mol. The Balaban J connectivity index is 1.51. The molecule has 5 rings (SSSR count). The number of fused-ring (bicyclic) bond motifs is 2. The fourth-order valence-electron chi connectivity index (χ4n) is 4.31. The summed E-state index contributed by atoms with van der Waals surface area (Å²) >= 11 is 0. The van der Waals surface area contributed by atoms with Gasteiger partial charge in [0.25, 0.3) is 5.91 Å². The van der Waals surface area contributed by atoms with Crippen LogP contribution in [-0.4, -0.2) is 41.6 Å². The molecule has 2 aromatic heterocycles. The Hall–Kier alpha value is -2.94. The molecule has 0 saturated heterocycles. The second-order valence-electron chi connectivity index (χ2n) is 8.28. The minimum Gasteiger partial charge on any atom is -0.362 e. The molecule has 3 N–H and O–H groups in total. The Morgan fingerprint density at radius 3 is 2.87 bits per heavy atom. The van der Waals surface area contributed by atoms with Crippen molar-refractivity contribution in [2.75, 3.05) is 17.6 Å². The summed E-state index contributed by atoms with van der Waals surface area (Å²) in [4.78, 5) is 24.4. The Morgan fingerprint density at radius 2 is 2.10 bits per heavy atom. The van der Waals surface area contributed by atoms with Crippen molar-refractivity contribution in [1.82, 2.24) is 20.3 Å². The standard InChI is InChI=1S/C22H25N5O3S/c1-2-23-22(28)17-11-16-20(26-17)24-12-25-21(16)27-19(14-6-7-14)15-8-5-13-4-3-9-31(29,30)18(13)10-15/h5,8,10-12,14,19H,2-4,6-7,9H2,1H3,(H,23,28)(H2,24,25,26,27)/t19-/m0/s1. The van der Waals surface area contributed by atoms with E-state index in [1.807, 2.05) is 25.1 Å². The van der Waals surface area contributed by atoms with E-state index in [1.54, 1.807) is 6.07 Å². The zero-order valence-corrected chi connectivity index (χ0v) is 18.1. The highest BCUT2D eigenvalue weighted by molar-refractivity contribution is 7.91. The monoisotopic (exact) mass is 439 g/mol. The minimum absolute atomic E-state index is 0.0525. The maximum atomic E-state index is 12.6. The van der Waals surface area contributed by atoms with Crippen LogP contribution in [0.1, 0.15) is 53.8 Å². The van der Waals surface area contributed by atoms with Crippen LogP contribution in [0.3, 0.4) is 0 Å². The number of amides is 1. The smallest absolute Gasteiger partial charge is 0.267 e. The first-order chi connectivity index (χ1) is 15.0. The van der Waals surface area contributed by atoms with E-state index in [9.17, 15) is 13.2 Å². The number of aryl methyl sites for hydroxylation is 1. The Bertz CT molecular complexity index is 1260. The van der Waals surface area contributed by atoms with E-state index >= 15 is 0 Å². The van der Waals surface area contributed by atoms with Crippen molar-refractivity contribution in [2.24, 2.45) is 5.92 Å². The predicted octanol–water partition coefficient (Wildman–Crippen LogP) is 2.99. The molecule has 1 saturated carbocycles. The van der Waals surface area contributed by atoms with Crippen LogP contribution < -0.4 is 10.6 Å². The van der Waals surface area contributed by atoms with Crippen molar-refractivity contribution in [3.8, 4) is 0 Å². The van der Waals surface area contributed by atoms with E-state index in [-0.39, 0.29) is 17.7 Å². The Morgan fingerprint density at radius 1 is 1.26 bits per heavy atom. The van der Waals surface area contributed by atoms with Gasteiger partial charge in [-0.1, -0.05) is 12.1 Å². The topological polar surface area (TPSA) is 117 Å². The van der Waals surface area contributed by atoms with Crippen molar-refractivity contribution in [3.05, 3.63) is 47.4 Å². The van der Waals surface area contributed by atoms with Gasteiger partial charge < -0.3 is 15.6 Å². The van der Waals surface area contributed by atoms with E-state index in [0.29, 0.717) is 40.9 Å². The molecule has 9 heteroatoms.